The molecular weight excluding hydrogens is 698 g/mol. The molecule has 10 N–H and O–H groups in total. The predicted molar refractivity (Wildman–Crippen MR) is 205 cm³/mol. The number of ketones is 2. The first-order chi connectivity index (χ1) is 25.2. The molecule has 2 aromatic rings. The van der Waals surface area contributed by atoms with Crippen molar-refractivity contribution in [2.24, 2.45) is 28.0 Å². The standard InChI is InChI=1S/C18H26N6O4.C18H23N3O4.CH4/c1-12(25)13-6-7-16(28-10-4-9-23-24-21)14(11-13)18(27)22-8-3-2-5-15(19)17(20)26;1-3-10-25-16-8-7-13(12(2)22)11-14(16)18(24)21-9-5-4-6-15(19)17(20)23;/h6-7,11,15H,2-5,8-10,19H2,1H3,(H2,20,26)(H,22,27);1,7-8,11,15H,4-6,9-10,19H2,2H3,(H2,20,23)(H,21,24);1H4/t2*15-;/m00./s1. The van der Waals surface area contributed by atoms with E-state index in [1.807, 2.05) is 0 Å². The minimum absolute atomic E-state index is 0. The number of rotatable bonds is 23. The number of nitrogens with zero attached hydrogens (tertiary/aromatic N) is 3. The zero-order valence-electron chi connectivity index (χ0n) is 30.1. The van der Waals surface area contributed by atoms with Crippen LogP contribution in [0.1, 0.15) is 108 Å². The van der Waals surface area contributed by atoms with E-state index in [4.69, 9.17) is 44.4 Å². The summed E-state index contributed by atoms with van der Waals surface area (Å²) in [5, 5.41) is 8.93. The molecule has 0 unspecified atom stereocenters. The molecule has 0 radical (unpaired) electrons. The van der Waals surface area contributed by atoms with Crippen molar-refractivity contribution in [2.45, 2.75) is 78.3 Å². The van der Waals surface area contributed by atoms with E-state index < -0.39 is 23.9 Å². The van der Waals surface area contributed by atoms with Crippen molar-refractivity contribution in [3.05, 3.63) is 69.1 Å². The number of hydrogen-bond donors (Lipinski definition) is 6. The third-order valence-electron chi connectivity index (χ3n) is 7.48. The van der Waals surface area contributed by atoms with Crippen LogP contribution in [0, 0.1) is 12.3 Å². The quantitative estimate of drug-likeness (QED) is 0.0241. The molecule has 0 aliphatic rings. The molecule has 17 heteroatoms. The topological polar surface area (TPSA) is 298 Å². The highest BCUT2D eigenvalue weighted by atomic mass is 16.5. The summed E-state index contributed by atoms with van der Waals surface area (Å²) in [5.74, 6) is 0.849. The van der Waals surface area contributed by atoms with E-state index in [1.54, 1.807) is 24.3 Å². The van der Waals surface area contributed by atoms with Crippen LogP contribution in [0.4, 0.5) is 0 Å². The third-order valence-corrected chi connectivity index (χ3v) is 7.48. The number of primary amides is 2. The molecule has 0 saturated heterocycles. The molecule has 2 aromatic carbocycles. The Morgan fingerprint density at radius 3 is 1.61 bits per heavy atom. The van der Waals surface area contributed by atoms with Gasteiger partial charge in [0.1, 0.15) is 18.1 Å². The number of carbonyl (C=O) groups is 6. The number of terminal acetylenes is 1. The lowest BCUT2D eigenvalue weighted by Crippen LogP contribution is -2.36. The van der Waals surface area contributed by atoms with Gasteiger partial charge in [-0.25, -0.2) is 0 Å². The largest absolute Gasteiger partial charge is 0.493 e. The Labute approximate surface area is 315 Å². The summed E-state index contributed by atoms with van der Waals surface area (Å²) in [5.41, 5.74) is 30.8. The highest BCUT2D eigenvalue weighted by molar-refractivity contribution is 6.02. The number of benzene rings is 2. The fourth-order valence-electron chi connectivity index (χ4n) is 4.44. The predicted octanol–water partition coefficient (Wildman–Crippen LogP) is 2.93. The number of nitrogens with one attached hydrogen (secondary N) is 2. The van der Waals surface area contributed by atoms with Gasteiger partial charge in [-0.05, 0) is 101 Å². The van der Waals surface area contributed by atoms with Crippen LogP contribution < -0.4 is 43.0 Å². The molecule has 0 aromatic heterocycles. The van der Waals surface area contributed by atoms with Gasteiger partial charge in [0, 0.05) is 35.7 Å². The summed E-state index contributed by atoms with van der Waals surface area (Å²) in [7, 11) is 0. The molecule has 0 aliphatic carbocycles. The van der Waals surface area contributed by atoms with Gasteiger partial charge >= 0.3 is 0 Å². The average Bonchev–Trinajstić information content (AvgIpc) is 3.13. The Balaban J connectivity index is 0.00000103. The van der Waals surface area contributed by atoms with E-state index >= 15 is 0 Å². The molecule has 0 aliphatic heterocycles. The van der Waals surface area contributed by atoms with Gasteiger partial charge in [0.15, 0.2) is 11.6 Å². The van der Waals surface area contributed by atoms with Gasteiger partial charge < -0.3 is 43.0 Å². The molecule has 0 saturated carbocycles. The van der Waals surface area contributed by atoms with Crippen molar-refractivity contribution >= 4 is 35.2 Å². The van der Waals surface area contributed by atoms with Gasteiger partial charge in [0.05, 0.1) is 29.8 Å². The molecule has 0 spiro atoms. The van der Waals surface area contributed by atoms with E-state index in [-0.39, 0.29) is 61.7 Å². The number of hydrogen-bond acceptors (Lipinski definition) is 11. The van der Waals surface area contributed by atoms with Crippen LogP contribution >= 0.6 is 0 Å². The van der Waals surface area contributed by atoms with Crippen LogP contribution in [0.5, 0.6) is 11.5 Å². The van der Waals surface area contributed by atoms with Crippen molar-refractivity contribution in [3.63, 3.8) is 0 Å². The lowest BCUT2D eigenvalue weighted by molar-refractivity contribution is -0.120. The number of nitrogens with two attached hydrogens (primary N) is 4. The van der Waals surface area contributed by atoms with Gasteiger partial charge in [-0.2, -0.15) is 0 Å². The second kappa shape index (κ2) is 26.8. The van der Waals surface area contributed by atoms with Gasteiger partial charge in [0.2, 0.25) is 11.8 Å². The molecule has 54 heavy (non-hydrogen) atoms. The van der Waals surface area contributed by atoms with E-state index in [0.29, 0.717) is 80.7 Å². The fraction of sp³-hybridized carbons (Fsp3) is 0.459. The minimum atomic E-state index is -0.687. The Hall–Kier alpha value is -5.95. The highest BCUT2D eigenvalue weighted by Gasteiger charge is 2.17. The van der Waals surface area contributed by atoms with Gasteiger partial charge in [-0.15, -0.1) is 6.42 Å². The van der Waals surface area contributed by atoms with Gasteiger partial charge in [-0.1, -0.05) is 18.5 Å². The second-order valence-electron chi connectivity index (χ2n) is 11.7. The number of azide groups is 1. The Morgan fingerprint density at radius 2 is 1.22 bits per heavy atom. The highest BCUT2D eigenvalue weighted by Crippen LogP contribution is 2.22. The Bertz CT molecular complexity index is 1670. The number of amides is 4. The lowest BCUT2D eigenvalue weighted by atomic mass is 10.1. The van der Waals surface area contributed by atoms with Crippen molar-refractivity contribution in [3.8, 4) is 23.8 Å². The van der Waals surface area contributed by atoms with Crippen LogP contribution in [-0.4, -0.2) is 80.1 Å². The first-order valence-corrected chi connectivity index (χ1v) is 16.9. The zero-order chi connectivity index (χ0) is 39.8. The normalized spacial score (nSPS) is 11.0. The maximum absolute atomic E-state index is 12.5. The summed E-state index contributed by atoms with van der Waals surface area (Å²) in [6.45, 7) is 4.18. The van der Waals surface area contributed by atoms with Crippen LogP contribution in [0.15, 0.2) is 41.5 Å². The first-order valence-electron chi connectivity index (χ1n) is 16.9. The lowest BCUT2D eigenvalue weighted by Gasteiger charge is -2.13. The molecule has 17 nitrogen and oxygen atoms in total. The number of ether oxygens (including phenoxy) is 2. The van der Waals surface area contributed by atoms with Crippen LogP contribution in [0.3, 0.4) is 0 Å². The monoisotopic (exact) mass is 751 g/mol. The number of carbonyl (C=O) groups excluding carboxylic acids is 6. The number of unbranched alkanes of at least 4 members (excludes halogenated alkanes) is 2. The Morgan fingerprint density at radius 1 is 0.778 bits per heavy atom. The summed E-state index contributed by atoms with van der Waals surface area (Å²) >= 11 is 0. The zero-order valence-corrected chi connectivity index (χ0v) is 30.1. The van der Waals surface area contributed by atoms with Crippen LogP contribution in [-0.2, 0) is 9.59 Å². The van der Waals surface area contributed by atoms with Crippen molar-refractivity contribution in [2.75, 3.05) is 32.8 Å². The molecule has 0 heterocycles. The third kappa shape index (κ3) is 18.5. The number of Topliss-reactive ketones (excluding diaryl/α,β-unsaturated/α-hetero) is 2. The maximum Gasteiger partial charge on any atom is 0.255 e. The van der Waals surface area contributed by atoms with Gasteiger partial charge in [0.25, 0.3) is 11.8 Å². The van der Waals surface area contributed by atoms with Gasteiger partial charge in [-0.3, -0.25) is 28.8 Å². The molecule has 4 amide bonds. The van der Waals surface area contributed by atoms with Crippen LogP contribution in [0.25, 0.3) is 10.4 Å². The van der Waals surface area contributed by atoms with Crippen LogP contribution in [0.2, 0.25) is 0 Å². The SMILES string of the molecule is C.C#CCOc1ccc(C(C)=O)cc1C(=O)NCCCC[C@H](N)C(N)=O.CC(=O)c1ccc(OCCCN=[N+]=[N-])c(C(=O)NCCCC[C@H](N)C(N)=O)c1. The molecule has 294 valence electrons. The van der Waals surface area contributed by atoms with E-state index in [9.17, 15) is 28.8 Å². The van der Waals surface area contributed by atoms with Crippen molar-refractivity contribution in [1.29, 1.82) is 0 Å². The molecular formula is C37H53N9O8. The summed E-state index contributed by atoms with van der Waals surface area (Å²) in [6, 6.07) is 7.90. The van der Waals surface area contributed by atoms with E-state index in [0.717, 1.165) is 0 Å². The smallest absolute Gasteiger partial charge is 0.255 e. The van der Waals surface area contributed by atoms with E-state index in [2.05, 4.69) is 26.6 Å². The molecule has 0 fully saturated rings. The fourth-order valence-corrected chi connectivity index (χ4v) is 4.44. The maximum atomic E-state index is 12.5. The summed E-state index contributed by atoms with van der Waals surface area (Å²) < 4.78 is 11.0. The Kier molecular flexibility index (Phi) is 23.8. The molecule has 0 bridgehead atoms. The minimum Gasteiger partial charge on any atom is -0.493 e. The molecule has 2 rings (SSSR count). The van der Waals surface area contributed by atoms with Crippen molar-refractivity contribution < 1.29 is 38.2 Å². The van der Waals surface area contributed by atoms with E-state index in [1.165, 1.54) is 26.0 Å². The average molecular weight is 752 g/mol. The molecule has 2 atom stereocenters. The second-order valence-corrected chi connectivity index (χ2v) is 11.7. The first kappa shape index (κ1) is 48.0. The van der Waals surface area contributed by atoms with Crippen molar-refractivity contribution in [1.82, 2.24) is 10.6 Å². The summed E-state index contributed by atoms with van der Waals surface area (Å²) in [6.07, 6.45) is 9.13. The summed E-state index contributed by atoms with van der Waals surface area (Å²) in [4.78, 5) is 72.4.